The van der Waals surface area contributed by atoms with Crippen molar-refractivity contribution in [1.29, 1.82) is 0 Å². The summed E-state index contributed by atoms with van der Waals surface area (Å²) in [6.45, 7) is 5.75. The van der Waals surface area contributed by atoms with Gasteiger partial charge in [-0.2, -0.15) is 0 Å². The first kappa shape index (κ1) is 14.5. The molecule has 0 aliphatic heterocycles. The Kier molecular flexibility index (Phi) is 4.61. The van der Waals surface area contributed by atoms with Crippen molar-refractivity contribution in [3.8, 4) is 0 Å². The van der Waals surface area contributed by atoms with Gasteiger partial charge in [0.25, 0.3) is 0 Å². The highest BCUT2D eigenvalue weighted by atomic mass is 79.9. The molecule has 2 N–H and O–H groups in total. The highest BCUT2D eigenvalue weighted by Crippen LogP contribution is 2.28. The molecule has 1 aromatic rings. The van der Waals surface area contributed by atoms with Crippen LogP contribution in [0.2, 0.25) is 0 Å². The van der Waals surface area contributed by atoms with Gasteiger partial charge in [-0.1, -0.05) is 29.8 Å². The molecule has 96 valence electrons. The van der Waals surface area contributed by atoms with Crippen LogP contribution in [0.3, 0.4) is 0 Å². The minimum Gasteiger partial charge on any atom is -0.398 e. The zero-order valence-corrected chi connectivity index (χ0v) is 12.7. The average molecular weight is 320 g/mol. The summed E-state index contributed by atoms with van der Waals surface area (Å²) in [6.07, 6.45) is 0.637. The number of hydrogen-bond acceptors (Lipinski definition) is 3. The van der Waals surface area contributed by atoms with E-state index in [4.69, 9.17) is 5.73 Å². The van der Waals surface area contributed by atoms with Crippen molar-refractivity contribution in [1.82, 2.24) is 0 Å². The number of rotatable bonds is 4. The van der Waals surface area contributed by atoms with Gasteiger partial charge < -0.3 is 5.73 Å². The van der Waals surface area contributed by atoms with Gasteiger partial charge in [0.2, 0.25) is 0 Å². The minimum absolute atomic E-state index is 0.230. The first-order valence-corrected chi connectivity index (χ1v) is 7.88. The monoisotopic (exact) mass is 319 g/mol. The van der Waals surface area contributed by atoms with Crippen LogP contribution in [0.25, 0.3) is 0 Å². The largest absolute Gasteiger partial charge is 0.398 e. The van der Waals surface area contributed by atoms with Crippen molar-refractivity contribution in [2.45, 2.75) is 37.3 Å². The molecule has 0 bridgehead atoms. The van der Waals surface area contributed by atoms with Gasteiger partial charge in [-0.05, 0) is 37.5 Å². The van der Waals surface area contributed by atoms with Crippen molar-refractivity contribution in [3.63, 3.8) is 0 Å². The Balaban J connectivity index is 3.13. The van der Waals surface area contributed by atoms with Crippen LogP contribution >= 0.6 is 15.9 Å². The van der Waals surface area contributed by atoms with E-state index in [0.717, 1.165) is 4.47 Å². The zero-order valence-electron chi connectivity index (χ0n) is 10.3. The van der Waals surface area contributed by atoms with Gasteiger partial charge in [0.05, 0.1) is 15.8 Å². The molecule has 0 spiro atoms. The highest BCUT2D eigenvalue weighted by Gasteiger charge is 2.25. The lowest BCUT2D eigenvalue weighted by atomic mass is 10.1. The maximum Gasteiger partial charge on any atom is 0.182 e. The van der Waals surface area contributed by atoms with Crippen LogP contribution in [0.5, 0.6) is 0 Å². The lowest BCUT2D eigenvalue weighted by molar-refractivity contribution is 0.537. The summed E-state index contributed by atoms with van der Waals surface area (Å²) in [6, 6.07) is 4.88. The maximum absolute atomic E-state index is 12.3. The molecule has 0 aliphatic carbocycles. The Bertz CT molecular complexity index is 497. The van der Waals surface area contributed by atoms with E-state index in [9.17, 15) is 8.42 Å². The molecule has 1 aromatic carbocycles. The van der Waals surface area contributed by atoms with Gasteiger partial charge in [-0.15, -0.1) is 0 Å². The predicted octanol–water partition coefficient (Wildman–Crippen LogP) is 3.24. The number of sulfone groups is 1. The van der Waals surface area contributed by atoms with Crippen LogP contribution in [-0.2, 0) is 9.84 Å². The van der Waals surface area contributed by atoms with Crippen LogP contribution in [-0.4, -0.2) is 13.7 Å². The summed E-state index contributed by atoms with van der Waals surface area (Å²) >= 11 is 3.27. The van der Waals surface area contributed by atoms with Gasteiger partial charge in [0, 0.05) is 4.47 Å². The third kappa shape index (κ3) is 3.45. The molecule has 1 unspecified atom stereocenters. The van der Waals surface area contributed by atoms with Gasteiger partial charge in [-0.25, -0.2) is 8.42 Å². The third-order valence-corrected chi connectivity index (χ3v) is 5.34. The van der Waals surface area contributed by atoms with Crippen LogP contribution in [0.4, 0.5) is 5.69 Å². The molecule has 0 amide bonds. The summed E-state index contributed by atoms with van der Waals surface area (Å²) < 4.78 is 25.4. The quantitative estimate of drug-likeness (QED) is 0.867. The van der Waals surface area contributed by atoms with Crippen LogP contribution in [0.15, 0.2) is 27.6 Å². The minimum atomic E-state index is -3.33. The molecular formula is C12H18BrNO2S. The highest BCUT2D eigenvalue weighted by molar-refractivity contribution is 9.10. The smallest absolute Gasteiger partial charge is 0.182 e. The zero-order chi connectivity index (χ0) is 13.2. The molecule has 0 aromatic heterocycles. The summed E-state index contributed by atoms with van der Waals surface area (Å²) in [4.78, 5) is 0.230. The van der Waals surface area contributed by atoms with Gasteiger partial charge in [0.15, 0.2) is 9.84 Å². The Labute approximate surface area is 111 Å². The Morgan fingerprint density at radius 2 is 1.88 bits per heavy atom. The number of hydrogen-bond donors (Lipinski definition) is 1. The van der Waals surface area contributed by atoms with Gasteiger partial charge >= 0.3 is 0 Å². The van der Waals surface area contributed by atoms with Crippen molar-refractivity contribution in [3.05, 3.63) is 22.7 Å². The molecule has 0 saturated heterocycles. The van der Waals surface area contributed by atoms with Crippen molar-refractivity contribution >= 4 is 31.5 Å². The van der Waals surface area contributed by atoms with E-state index >= 15 is 0 Å². The first-order valence-electron chi connectivity index (χ1n) is 5.54. The number of anilines is 1. The predicted molar refractivity (Wildman–Crippen MR) is 74.7 cm³/mol. The first-order chi connectivity index (χ1) is 7.75. The normalized spacial score (nSPS) is 13.9. The fourth-order valence-corrected chi connectivity index (χ4v) is 3.88. The Morgan fingerprint density at radius 1 is 1.29 bits per heavy atom. The topological polar surface area (TPSA) is 60.2 Å². The Hall–Kier alpha value is -0.550. The number of benzene rings is 1. The van der Waals surface area contributed by atoms with E-state index in [1.54, 1.807) is 25.1 Å². The van der Waals surface area contributed by atoms with Crippen molar-refractivity contribution in [2.75, 3.05) is 5.73 Å². The van der Waals surface area contributed by atoms with Crippen molar-refractivity contribution < 1.29 is 8.42 Å². The average Bonchev–Trinajstić information content (AvgIpc) is 2.15. The van der Waals surface area contributed by atoms with Crippen LogP contribution in [0.1, 0.15) is 27.2 Å². The number of nitrogens with two attached hydrogens (primary N) is 1. The lowest BCUT2D eigenvalue weighted by Crippen LogP contribution is -2.21. The SMILES string of the molecule is CC(C)CC(C)S(=O)(=O)c1ccc(Br)cc1N. The second-order valence-electron chi connectivity index (χ2n) is 4.67. The molecule has 3 nitrogen and oxygen atoms in total. The summed E-state index contributed by atoms with van der Waals surface area (Å²) in [7, 11) is -3.33. The van der Waals surface area contributed by atoms with E-state index in [-0.39, 0.29) is 4.90 Å². The Morgan fingerprint density at radius 3 is 2.35 bits per heavy atom. The molecule has 0 saturated carbocycles. The molecule has 0 heterocycles. The molecule has 1 atom stereocenters. The molecule has 5 heteroatoms. The molecule has 0 aliphatic rings. The van der Waals surface area contributed by atoms with Gasteiger partial charge in [0.1, 0.15) is 0 Å². The fraction of sp³-hybridized carbons (Fsp3) is 0.500. The second-order valence-corrected chi connectivity index (χ2v) is 7.92. The van der Waals surface area contributed by atoms with Crippen LogP contribution < -0.4 is 5.73 Å². The molecule has 17 heavy (non-hydrogen) atoms. The summed E-state index contributed by atoms with van der Waals surface area (Å²) in [5.41, 5.74) is 6.07. The molecule has 0 radical (unpaired) electrons. The summed E-state index contributed by atoms with van der Waals surface area (Å²) in [5.74, 6) is 0.344. The van der Waals surface area contributed by atoms with E-state index < -0.39 is 15.1 Å². The van der Waals surface area contributed by atoms with E-state index in [0.29, 0.717) is 18.0 Å². The van der Waals surface area contributed by atoms with Crippen molar-refractivity contribution in [2.24, 2.45) is 5.92 Å². The van der Waals surface area contributed by atoms with E-state index in [1.165, 1.54) is 0 Å². The number of halogens is 1. The lowest BCUT2D eigenvalue weighted by Gasteiger charge is -2.16. The third-order valence-electron chi connectivity index (χ3n) is 2.61. The fourth-order valence-electron chi connectivity index (χ4n) is 1.79. The summed E-state index contributed by atoms with van der Waals surface area (Å²) in [5, 5.41) is -0.411. The van der Waals surface area contributed by atoms with E-state index in [1.807, 2.05) is 13.8 Å². The molecule has 1 rings (SSSR count). The van der Waals surface area contributed by atoms with E-state index in [2.05, 4.69) is 15.9 Å². The standard InChI is InChI=1S/C12H18BrNO2S/c1-8(2)6-9(3)17(15,16)12-5-4-10(13)7-11(12)14/h4-5,7-9H,6,14H2,1-3H3. The number of nitrogen functional groups attached to an aromatic ring is 1. The second kappa shape index (κ2) is 5.40. The van der Waals surface area contributed by atoms with Gasteiger partial charge in [-0.3, -0.25) is 0 Å². The maximum atomic E-state index is 12.3. The van der Waals surface area contributed by atoms with Crippen LogP contribution in [0, 0.1) is 5.92 Å². The molecular weight excluding hydrogens is 302 g/mol. The molecule has 0 fully saturated rings.